The van der Waals surface area contributed by atoms with Crippen molar-refractivity contribution in [2.75, 3.05) is 18.1 Å². The molecular formula is C11H14ClN3O2. The number of aliphatic hydroxyl groups excluding tert-OH is 1. The van der Waals surface area contributed by atoms with Gasteiger partial charge >= 0.3 is 0 Å². The fourth-order valence-electron chi connectivity index (χ4n) is 2.25. The van der Waals surface area contributed by atoms with Gasteiger partial charge in [-0.05, 0) is 12.3 Å². The molecule has 1 aliphatic rings. The van der Waals surface area contributed by atoms with Gasteiger partial charge in [-0.15, -0.1) is 0 Å². The molecule has 0 bridgehead atoms. The number of aliphatic hydroxyl groups is 1. The zero-order valence-electron chi connectivity index (χ0n) is 9.51. The molecule has 2 unspecified atom stereocenters. The molecule has 1 fully saturated rings. The molecule has 17 heavy (non-hydrogen) atoms. The van der Waals surface area contributed by atoms with Crippen LogP contribution in [0.2, 0.25) is 5.15 Å². The number of aldehydes is 1. The Morgan fingerprint density at radius 1 is 1.65 bits per heavy atom. The number of hydrogen-bond donors (Lipinski definition) is 1. The summed E-state index contributed by atoms with van der Waals surface area (Å²) in [6.45, 7) is 2.88. The molecule has 92 valence electrons. The molecule has 0 aromatic carbocycles. The van der Waals surface area contributed by atoms with Crippen LogP contribution in [0.1, 0.15) is 23.7 Å². The largest absolute Gasteiger partial charge is 0.394 e. The standard InChI is InChI=1S/C11H14ClN3O2/c1-7-2-3-15(9(7)5-17)11-8(4-16)10(12)13-6-14-11/h4,6-7,9,17H,2-3,5H2,1H3. The van der Waals surface area contributed by atoms with Gasteiger partial charge in [-0.2, -0.15) is 0 Å². The first-order chi connectivity index (χ1) is 8.19. The summed E-state index contributed by atoms with van der Waals surface area (Å²) in [6, 6.07) is -0.0142. The predicted molar refractivity (Wildman–Crippen MR) is 64.4 cm³/mol. The van der Waals surface area contributed by atoms with Gasteiger partial charge in [0.2, 0.25) is 0 Å². The van der Waals surface area contributed by atoms with Gasteiger partial charge in [0.05, 0.1) is 18.2 Å². The molecular weight excluding hydrogens is 242 g/mol. The fraction of sp³-hybridized carbons (Fsp3) is 0.545. The van der Waals surface area contributed by atoms with Gasteiger partial charge < -0.3 is 10.0 Å². The van der Waals surface area contributed by atoms with E-state index in [-0.39, 0.29) is 17.8 Å². The fourth-order valence-corrected chi connectivity index (χ4v) is 2.42. The second kappa shape index (κ2) is 4.98. The van der Waals surface area contributed by atoms with E-state index >= 15 is 0 Å². The second-order valence-corrected chi connectivity index (χ2v) is 4.59. The zero-order chi connectivity index (χ0) is 12.4. The summed E-state index contributed by atoms with van der Waals surface area (Å²) in [5.74, 6) is 0.886. The lowest BCUT2D eigenvalue weighted by atomic mass is 10.0. The van der Waals surface area contributed by atoms with Crippen LogP contribution in [-0.4, -0.2) is 40.6 Å². The highest BCUT2D eigenvalue weighted by molar-refractivity contribution is 6.32. The molecule has 1 aliphatic heterocycles. The van der Waals surface area contributed by atoms with Gasteiger partial charge in [0.1, 0.15) is 17.3 Å². The highest BCUT2D eigenvalue weighted by Gasteiger charge is 2.33. The maximum Gasteiger partial charge on any atom is 0.156 e. The van der Waals surface area contributed by atoms with Gasteiger partial charge in [-0.25, -0.2) is 9.97 Å². The Hall–Kier alpha value is -1.20. The third kappa shape index (κ3) is 2.12. The molecule has 0 aliphatic carbocycles. The van der Waals surface area contributed by atoms with E-state index in [9.17, 15) is 9.90 Å². The Labute approximate surface area is 104 Å². The molecule has 0 radical (unpaired) electrons. The summed E-state index contributed by atoms with van der Waals surface area (Å²) in [5, 5.41) is 9.55. The van der Waals surface area contributed by atoms with Crippen LogP contribution >= 0.6 is 11.6 Å². The van der Waals surface area contributed by atoms with Crippen molar-refractivity contribution in [2.24, 2.45) is 5.92 Å². The lowest BCUT2D eigenvalue weighted by Gasteiger charge is -2.27. The minimum absolute atomic E-state index is 0.0142. The van der Waals surface area contributed by atoms with Crippen LogP contribution in [0.15, 0.2) is 6.33 Å². The molecule has 0 saturated carbocycles. The summed E-state index contributed by atoms with van der Waals surface area (Å²) in [5.41, 5.74) is 0.293. The third-order valence-electron chi connectivity index (χ3n) is 3.27. The Morgan fingerprint density at radius 3 is 3.06 bits per heavy atom. The number of hydrogen-bond acceptors (Lipinski definition) is 5. The Bertz CT molecular complexity index is 427. The molecule has 1 saturated heterocycles. The van der Waals surface area contributed by atoms with Crippen molar-refractivity contribution < 1.29 is 9.90 Å². The molecule has 5 nitrogen and oxygen atoms in total. The van der Waals surface area contributed by atoms with Crippen molar-refractivity contribution in [2.45, 2.75) is 19.4 Å². The summed E-state index contributed by atoms with van der Waals surface area (Å²) in [7, 11) is 0. The quantitative estimate of drug-likeness (QED) is 0.648. The van der Waals surface area contributed by atoms with Gasteiger partial charge in [-0.3, -0.25) is 4.79 Å². The van der Waals surface area contributed by atoms with Gasteiger partial charge in [0.15, 0.2) is 6.29 Å². The van der Waals surface area contributed by atoms with Crippen LogP contribution < -0.4 is 4.90 Å². The minimum Gasteiger partial charge on any atom is -0.394 e. The van der Waals surface area contributed by atoms with Crippen molar-refractivity contribution >= 4 is 23.7 Å². The third-order valence-corrected chi connectivity index (χ3v) is 3.57. The first kappa shape index (κ1) is 12.3. The molecule has 1 aromatic rings. The topological polar surface area (TPSA) is 66.3 Å². The molecule has 6 heteroatoms. The normalized spacial score (nSPS) is 24.1. The highest BCUT2D eigenvalue weighted by atomic mass is 35.5. The Morgan fingerprint density at radius 2 is 2.41 bits per heavy atom. The number of halogens is 1. The van der Waals surface area contributed by atoms with Gasteiger partial charge in [-0.1, -0.05) is 18.5 Å². The van der Waals surface area contributed by atoms with Crippen molar-refractivity contribution in [1.29, 1.82) is 0 Å². The average Bonchev–Trinajstić information content (AvgIpc) is 2.69. The molecule has 0 amide bonds. The second-order valence-electron chi connectivity index (χ2n) is 4.23. The monoisotopic (exact) mass is 255 g/mol. The van der Waals surface area contributed by atoms with E-state index in [1.165, 1.54) is 6.33 Å². The van der Waals surface area contributed by atoms with E-state index in [2.05, 4.69) is 16.9 Å². The van der Waals surface area contributed by atoms with Crippen LogP contribution in [0.4, 0.5) is 5.82 Å². The average molecular weight is 256 g/mol. The van der Waals surface area contributed by atoms with Gasteiger partial charge in [0.25, 0.3) is 0 Å². The smallest absolute Gasteiger partial charge is 0.156 e. The van der Waals surface area contributed by atoms with E-state index in [0.717, 1.165) is 13.0 Å². The number of carbonyl (C=O) groups excluding carboxylic acids is 1. The maximum atomic E-state index is 11.0. The molecule has 2 atom stereocenters. The van der Waals surface area contributed by atoms with Crippen LogP contribution in [0.25, 0.3) is 0 Å². The van der Waals surface area contributed by atoms with Crippen LogP contribution in [0.3, 0.4) is 0 Å². The zero-order valence-corrected chi connectivity index (χ0v) is 10.3. The molecule has 1 N–H and O–H groups in total. The summed E-state index contributed by atoms with van der Waals surface area (Å²) in [6.07, 6.45) is 2.96. The number of rotatable bonds is 3. The van der Waals surface area contributed by atoms with E-state index in [4.69, 9.17) is 11.6 Å². The number of carbonyl (C=O) groups is 1. The number of aromatic nitrogens is 2. The van der Waals surface area contributed by atoms with E-state index < -0.39 is 0 Å². The summed E-state index contributed by atoms with van der Waals surface area (Å²) in [4.78, 5) is 20.9. The van der Waals surface area contributed by atoms with Crippen LogP contribution in [0.5, 0.6) is 0 Å². The predicted octanol–water partition coefficient (Wildman–Crippen LogP) is 1.15. The number of nitrogens with zero attached hydrogens (tertiary/aromatic N) is 3. The molecule has 2 rings (SSSR count). The highest BCUT2D eigenvalue weighted by Crippen LogP contribution is 2.31. The molecule has 0 spiro atoms. The van der Waals surface area contributed by atoms with Crippen molar-refractivity contribution in [3.63, 3.8) is 0 Å². The van der Waals surface area contributed by atoms with Crippen LogP contribution in [-0.2, 0) is 0 Å². The SMILES string of the molecule is CC1CCN(c2ncnc(Cl)c2C=O)C1CO. The Kier molecular flexibility index (Phi) is 3.59. The minimum atomic E-state index is -0.0142. The lowest BCUT2D eigenvalue weighted by Crippen LogP contribution is -2.36. The summed E-state index contributed by atoms with van der Waals surface area (Å²) < 4.78 is 0. The number of anilines is 1. The van der Waals surface area contributed by atoms with Crippen molar-refractivity contribution in [3.05, 3.63) is 17.0 Å². The van der Waals surface area contributed by atoms with E-state index in [1.54, 1.807) is 0 Å². The Balaban J connectivity index is 2.40. The van der Waals surface area contributed by atoms with Crippen LogP contribution in [0, 0.1) is 5.92 Å². The molecule has 1 aromatic heterocycles. The summed E-state index contributed by atoms with van der Waals surface area (Å²) >= 11 is 5.86. The van der Waals surface area contributed by atoms with Crippen molar-refractivity contribution in [3.8, 4) is 0 Å². The maximum absolute atomic E-state index is 11.0. The van der Waals surface area contributed by atoms with E-state index in [1.807, 2.05) is 4.90 Å². The lowest BCUT2D eigenvalue weighted by molar-refractivity contribution is 0.112. The van der Waals surface area contributed by atoms with E-state index in [0.29, 0.717) is 23.6 Å². The van der Waals surface area contributed by atoms with Crippen molar-refractivity contribution in [1.82, 2.24) is 9.97 Å². The molecule has 2 heterocycles. The first-order valence-corrected chi connectivity index (χ1v) is 5.90. The van der Waals surface area contributed by atoms with Gasteiger partial charge in [0, 0.05) is 6.54 Å². The first-order valence-electron chi connectivity index (χ1n) is 5.52.